The van der Waals surface area contributed by atoms with Gasteiger partial charge in [-0.25, -0.2) is 9.79 Å². The van der Waals surface area contributed by atoms with Crippen LogP contribution in [0.2, 0.25) is 0 Å². The van der Waals surface area contributed by atoms with Gasteiger partial charge in [0.1, 0.15) is 5.75 Å². The van der Waals surface area contributed by atoms with Gasteiger partial charge in [-0.3, -0.25) is 4.79 Å². The molecule has 0 aliphatic carbocycles. The van der Waals surface area contributed by atoms with Crippen molar-refractivity contribution >= 4 is 28.8 Å². The van der Waals surface area contributed by atoms with E-state index in [9.17, 15) is 9.59 Å². The van der Waals surface area contributed by atoms with Crippen molar-refractivity contribution < 1.29 is 19.1 Å². The Morgan fingerprint density at radius 3 is 2.55 bits per heavy atom. The Kier molecular flexibility index (Phi) is 6.79. The number of carbonyl (C=O) groups excluding carboxylic acids is 2. The van der Waals surface area contributed by atoms with Crippen molar-refractivity contribution in [3.05, 3.63) is 52.2 Å². The van der Waals surface area contributed by atoms with Crippen molar-refractivity contribution in [1.82, 2.24) is 10.2 Å². The second kappa shape index (κ2) is 9.18. The fourth-order valence-electron chi connectivity index (χ4n) is 3.73. The lowest BCUT2D eigenvalue weighted by Crippen LogP contribution is -2.42. The Hall–Kier alpha value is -2.74. The van der Waals surface area contributed by atoms with Gasteiger partial charge in [0.05, 0.1) is 38.0 Å². The van der Waals surface area contributed by atoms with Crippen LogP contribution < -0.4 is 10.1 Å². The highest BCUT2D eigenvalue weighted by Gasteiger charge is 2.42. The van der Waals surface area contributed by atoms with Gasteiger partial charge < -0.3 is 19.7 Å². The number of methoxy groups -OCH3 is 2. The Morgan fingerprint density at radius 1 is 1.23 bits per heavy atom. The van der Waals surface area contributed by atoms with Crippen molar-refractivity contribution in [2.24, 2.45) is 4.99 Å². The van der Waals surface area contributed by atoms with Gasteiger partial charge in [-0.1, -0.05) is 36.9 Å². The number of amidine groups is 1. The molecule has 7 nitrogen and oxygen atoms in total. The summed E-state index contributed by atoms with van der Waals surface area (Å²) in [5.74, 6) is 0.121. The molecule has 0 bridgehead atoms. The summed E-state index contributed by atoms with van der Waals surface area (Å²) < 4.78 is 10.8. The molecule has 1 N–H and O–H groups in total. The number of esters is 1. The first kappa shape index (κ1) is 22.9. The van der Waals surface area contributed by atoms with E-state index in [-0.39, 0.29) is 17.9 Å². The predicted octanol–water partition coefficient (Wildman–Crippen LogP) is 4.14. The molecular formula is C23H29N3O4S. The van der Waals surface area contributed by atoms with Crippen molar-refractivity contribution in [3.63, 3.8) is 0 Å². The summed E-state index contributed by atoms with van der Waals surface area (Å²) in [4.78, 5) is 32.3. The van der Waals surface area contributed by atoms with Gasteiger partial charge in [0.2, 0.25) is 5.91 Å². The van der Waals surface area contributed by atoms with Crippen LogP contribution in [-0.2, 0) is 14.3 Å². The van der Waals surface area contributed by atoms with Gasteiger partial charge in [0.25, 0.3) is 0 Å². The number of rotatable bonds is 6. The summed E-state index contributed by atoms with van der Waals surface area (Å²) >= 11 is 1.45. The molecule has 166 valence electrons. The number of nitrogens with zero attached hydrogens (tertiary/aromatic N) is 2. The molecule has 3 rings (SSSR count). The molecule has 0 saturated heterocycles. The third-order valence-corrected chi connectivity index (χ3v) is 5.81. The zero-order valence-corrected chi connectivity index (χ0v) is 19.6. The minimum atomic E-state index is -0.505. The van der Waals surface area contributed by atoms with Crippen molar-refractivity contribution in [2.45, 2.75) is 52.1 Å². The van der Waals surface area contributed by atoms with E-state index in [1.54, 1.807) is 7.11 Å². The highest BCUT2D eigenvalue weighted by molar-refractivity contribution is 8.16. The molecule has 1 unspecified atom stereocenters. The van der Waals surface area contributed by atoms with Crippen LogP contribution in [0.5, 0.6) is 5.75 Å². The van der Waals surface area contributed by atoms with Crippen molar-refractivity contribution in [2.75, 3.05) is 14.2 Å². The van der Waals surface area contributed by atoms with Crippen LogP contribution in [0.25, 0.3) is 0 Å². The van der Waals surface area contributed by atoms with E-state index < -0.39 is 12.0 Å². The molecule has 0 aromatic heterocycles. The lowest BCUT2D eigenvalue weighted by atomic mass is 9.92. The number of allylic oxidation sites excluding steroid dienone is 1. The number of hydrogen-bond donors (Lipinski definition) is 1. The first-order chi connectivity index (χ1) is 14.7. The SMILES string of the molecule is CCC1=C(C(=O)OC)C(c2ccccc2OC)N2C(CC(=O)NC(C)(C)C)=CSC2=N1. The molecule has 1 amide bonds. The highest BCUT2D eigenvalue weighted by atomic mass is 32.2. The van der Waals surface area contributed by atoms with Gasteiger partial charge in [0, 0.05) is 16.8 Å². The number of amides is 1. The van der Waals surface area contributed by atoms with Gasteiger partial charge in [-0.2, -0.15) is 0 Å². The summed E-state index contributed by atoms with van der Waals surface area (Å²) in [6.07, 6.45) is 0.749. The summed E-state index contributed by atoms with van der Waals surface area (Å²) in [5, 5.41) is 5.66. The van der Waals surface area contributed by atoms with Crippen LogP contribution >= 0.6 is 11.8 Å². The van der Waals surface area contributed by atoms with E-state index in [0.717, 1.165) is 16.4 Å². The highest BCUT2D eigenvalue weighted by Crippen LogP contribution is 2.47. The molecule has 2 aliphatic rings. The molecule has 31 heavy (non-hydrogen) atoms. The average molecular weight is 444 g/mol. The third-order valence-electron chi connectivity index (χ3n) is 4.92. The van der Waals surface area contributed by atoms with Crippen LogP contribution in [-0.4, -0.2) is 41.7 Å². The molecule has 2 heterocycles. The van der Waals surface area contributed by atoms with Crippen LogP contribution in [0.4, 0.5) is 0 Å². The summed E-state index contributed by atoms with van der Waals surface area (Å²) in [5.41, 5.74) is 2.39. The number of carbonyl (C=O) groups is 2. The predicted molar refractivity (Wildman–Crippen MR) is 123 cm³/mol. The Morgan fingerprint density at radius 2 is 1.94 bits per heavy atom. The van der Waals surface area contributed by atoms with E-state index in [1.165, 1.54) is 18.9 Å². The number of ether oxygens (including phenoxy) is 2. The first-order valence-electron chi connectivity index (χ1n) is 10.2. The lowest BCUT2D eigenvalue weighted by Gasteiger charge is -2.37. The number of para-hydroxylation sites is 1. The minimum absolute atomic E-state index is 0.0933. The van der Waals surface area contributed by atoms with Gasteiger partial charge >= 0.3 is 5.97 Å². The third kappa shape index (κ3) is 4.79. The number of nitrogens with one attached hydrogen (secondary N) is 1. The number of thioether (sulfide) groups is 1. The summed E-state index contributed by atoms with van der Waals surface area (Å²) in [6.45, 7) is 7.79. The van der Waals surface area contributed by atoms with Crippen LogP contribution in [0.3, 0.4) is 0 Å². The maximum atomic E-state index is 12.9. The standard InChI is InChI=1S/C23H29N3O4S/c1-7-16-19(21(28)30-6)20(15-10-8-9-11-17(15)29-5)26-14(13-31-22(26)24-16)12-18(27)25-23(2,3)4/h8-11,13,20H,7,12H2,1-6H3,(H,25,27). The lowest BCUT2D eigenvalue weighted by molar-refractivity contribution is -0.136. The largest absolute Gasteiger partial charge is 0.496 e. The zero-order valence-electron chi connectivity index (χ0n) is 18.8. The van der Waals surface area contributed by atoms with Crippen LogP contribution in [0.1, 0.15) is 52.1 Å². The molecule has 0 saturated carbocycles. The summed E-state index contributed by atoms with van der Waals surface area (Å²) in [7, 11) is 2.97. The van der Waals surface area contributed by atoms with E-state index in [1.807, 2.05) is 62.3 Å². The number of aliphatic imine (C=N–C) groups is 1. The average Bonchev–Trinajstić information content (AvgIpc) is 3.12. The van der Waals surface area contributed by atoms with Crippen LogP contribution in [0, 0.1) is 0 Å². The van der Waals surface area contributed by atoms with Crippen molar-refractivity contribution in [3.8, 4) is 5.75 Å². The Bertz CT molecular complexity index is 975. The number of fused-ring (bicyclic) bond motifs is 1. The maximum Gasteiger partial charge on any atom is 0.338 e. The smallest absolute Gasteiger partial charge is 0.338 e. The molecule has 1 atom stereocenters. The van der Waals surface area contributed by atoms with E-state index in [0.29, 0.717) is 23.4 Å². The normalized spacial score (nSPS) is 18.3. The monoisotopic (exact) mass is 443 g/mol. The van der Waals surface area contributed by atoms with Gasteiger partial charge in [0.15, 0.2) is 5.17 Å². The fourth-order valence-corrected chi connectivity index (χ4v) is 4.66. The van der Waals surface area contributed by atoms with E-state index in [4.69, 9.17) is 14.5 Å². The molecule has 0 radical (unpaired) electrons. The van der Waals surface area contributed by atoms with Gasteiger partial charge in [-0.05, 0) is 38.7 Å². The topological polar surface area (TPSA) is 80.2 Å². The van der Waals surface area contributed by atoms with E-state index in [2.05, 4.69) is 5.32 Å². The fraction of sp³-hybridized carbons (Fsp3) is 0.435. The van der Waals surface area contributed by atoms with Crippen LogP contribution in [0.15, 0.2) is 51.6 Å². The maximum absolute atomic E-state index is 12.9. The Labute approximate surface area is 187 Å². The first-order valence-corrected chi connectivity index (χ1v) is 11.1. The zero-order chi connectivity index (χ0) is 22.8. The van der Waals surface area contributed by atoms with Crippen molar-refractivity contribution in [1.29, 1.82) is 0 Å². The second-order valence-electron chi connectivity index (χ2n) is 8.32. The van der Waals surface area contributed by atoms with Gasteiger partial charge in [-0.15, -0.1) is 0 Å². The summed E-state index contributed by atoms with van der Waals surface area (Å²) in [6, 6.07) is 7.07. The molecule has 8 heteroatoms. The molecule has 0 spiro atoms. The minimum Gasteiger partial charge on any atom is -0.496 e. The number of benzene rings is 1. The van der Waals surface area contributed by atoms with E-state index >= 15 is 0 Å². The second-order valence-corrected chi connectivity index (χ2v) is 9.15. The molecular weight excluding hydrogens is 414 g/mol. The molecule has 1 aromatic carbocycles. The Balaban J connectivity index is 2.10. The molecule has 2 aliphatic heterocycles. The number of hydrogen-bond acceptors (Lipinski definition) is 7. The molecule has 0 fully saturated rings. The molecule has 1 aromatic rings. The quantitative estimate of drug-likeness (QED) is 0.666.